The van der Waals surface area contributed by atoms with Crippen molar-refractivity contribution in [2.75, 3.05) is 4.90 Å². The minimum Gasteiger partial charge on any atom is -0.349 e. The maximum Gasteiger partial charge on any atom is 0.159 e. The van der Waals surface area contributed by atoms with Gasteiger partial charge in [0.2, 0.25) is 0 Å². The van der Waals surface area contributed by atoms with Crippen molar-refractivity contribution in [3.8, 4) is 11.1 Å². The highest BCUT2D eigenvalue weighted by Gasteiger charge is 2.40. The van der Waals surface area contributed by atoms with E-state index >= 15 is 0 Å². The Hall–Kier alpha value is -2.35. The predicted molar refractivity (Wildman–Crippen MR) is 127 cm³/mol. The molecule has 0 aliphatic carbocycles. The largest absolute Gasteiger partial charge is 0.349 e. The lowest BCUT2D eigenvalue weighted by Crippen LogP contribution is -2.47. The van der Waals surface area contributed by atoms with Gasteiger partial charge in [-0.1, -0.05) is 17.7 Å². The zero-order valence-corrected chi connectivity index (χ0v) is 18.8. The van der Waals surface area contributed by atoms with Crippen LogP contribution in [0.2, 0.25) is 5.02 Å². The number of benzene rings is 1. The van der Waals surface area contributed by atoms with Crippen LogP contribution in [0, 0.1) is 0 Å². The number of nitrogens with one attached hydrogen (secondary N) is 1. The van der Waals surface area contributed by atoms with Gasteiger partial charge in [0.1, 0.15) is 11.3 Å². The molecular formula is C22H25Cl2N7. The number of halogens is 2. The molecule has 4 aromatic rings. The molecule has 3 N–H and O–H groups in total. The van der Waals surface area contributed by atoms with E-state index in [9.17, 15) is 0 Å². The molecule has 0 amide bonds. The molecule has 6 rings (SSSR count). The number of rotatable bonds is 3. The van der Waals surface area contributed by atoms with E-state index in [2.05, 4.69) is 21.9 Å². The van der Waals surface area contributed by atoms with E-state index < -0.39 is 0 Å². The van der Waals surface area contributed by atoms with E-state index in [1.54, 1.807) is 0 Å². The number of nitrogens with zero attached hydrogens (tertiary/aromatic N) is 5. The summed E-state index contributed by atoms with van der Waals surface area (Å²) in [5.41, 5.74) is 10.7. The molecule has 0 saturated carbocycles. The van der Waals surface area contributed by atoms with E-state index in [1.165, 1.54) is 12.8 Å². The Labute approximate surface area is 191 Å². The quantitative estimate of drug-likeness (QED) is 0.471. The van der Waals surface area contributed by atoms with Gasteiger partial charge < -0.3 is 15.6 Å². The number of hydrogen-bond donors (Lipinski definition) is 2. The third-order valence-electron chi connectivity index (χ3n) is 6.69. The molecule has 2 fully saturated rings. The lowest BCUT2D eigenvalue weighted by Gasteiger charge is -2.38. The summed E-state index contributed by atoms with van der Waals surface area (Å²) in [7, 11) is 0. The van der Waals surface area contributed by atoms with E-state index in [1.807, 2.05) is 35.4 Å². The van der Waals surface area contributed by atoms with Crippen molar-refractivity contribution >= 4 is 51.9 Å². The smallest absolute Gasteiger partial charge is 0.159 e. The first-order valence-corrected chi connectivity index (χ1v) is 11.0. The van der Waals surface area contributed by atoms with Crippen LogP contribution in [0.3, 0.4) is 0 Å². The third-order valence-corrected chi connectivity index (χ3v) is 7.09. The molecule has 0 spiro atoms. The molecule has 7 nitrogen and oxygen atoms in total. The fourth-order valence-corrected chi connectivity index (χ4v) is 5.60. The van der Waals surface area contributed by atoms with Crippen LogP contribution in [0.5, 0.6) is 0 Å². The lowest BCUT2D eigenvalue weighted by molar-refractivity contribution is 0.412. The second-order valence-corrected chi connectivity index (χ2v) is 8.87. The van der Waals surface area contributed by atoms with E-state index in [-0.39, 0.29) is 12.4 Å². The van der Waals surface area contributed by atoms with Crippen LogP contribution in [0.25, 0.3) is 33.2 Å². The third kappa shape index (κ3) is 3.18. The Bertz CT molecular complexity index is 1250. The fraction of sp³-hybridized carbons (Fsp3) is 0.409. The first kappa shape index (κ1) is 20.5. The monoisotopic (exact) mass is 457 g/mol. The van der Waals surface area contributed by atoms with Crippen LogP contribution in [0.4, 0.5) is 5.82 Å². The molecule has 2 aliphatic heterocycles. The van der Waals surface area contributed by atoms with Gasteiger partial charge in [0, 0.05) is 53.6 Å². The topological polar surface area (TPSA) is 88.7 Å². The minimum absolute atomic E-state index is 0. The summed E-state index contributed by atoms with van der Waals surface area (Å²) in [5.74, 6) is 0.945. The minimum atomic E-state index is 0. The van der Waals surface area contributed by atoms with Crippen LogP contribution in [-0.4, -0.2) is 42.9 Å². The van der Waals surface area contributed by atoms with Gasteiger partial charge in [-0.2, -0.15) is 5.10 Å². The number of anilines is 1. The van der Waals surface area contributed by atoms with Gasteiger partial charge in [-0.05, 0) is 38.7 Å². The van der Waals surface area contributed by atoms with Crippen molar-refractivity contribution < 1.29 is 0 Å². The fourth-order valence-electron chi connectivity index (χ4n) is 5.29. The highest BCUT2D eigenvalue weighted by molar-refractivity contribution is 6.38. The van der Waals surface area contributed by atoms with Crippen LogP contribution in [-0.2, 0) is 6.54 Å². The van der Waals surface area contributed by atoms with Gasteiger partial charge in [0.25, 0.3) is 0 Å². The Morgan fingerprint density at radius 2 is 1.97 bits per heavy atom. The Balaban J connectivity index is 0.00000204. The number of piperidine rings is 1. The first-order chi connectivity index (χ1) is 14.6. The second-order valence-electron chi connectivity index (χ2n) is 8.50. The summed E-state index contributed by atoms with van der Waals surface area (Å²) >= 11 is 6.78. The number of aromatic amines is 1. The summed E-state index contributed by atoms with van der Waals surface area (Å²) < 4.78 is 1.90. The SMILES string of the molecule is CCn1cc2c(Cl)c(-c3c[nH]c4nc(N5C6CCC5CC(N)C6)cnc34)ccc2n1.Cl. The Morgan fingerprint density at radius 1 is 1.19 bits per heavy atom. The van der Waals surface area contributed by atoms with Crippen molar-refractivity contribution in [2.24, 2.45) is 5.73 Å². The summed E-state index contributed by atoms with van der Waals surface area (Å²) in [4.78, 5) is 15.5. The molecule has 2 unspecified atom stereocenters. The number of aryl methyl sites for hydroxylation is 1. The number of hydrogen-bond acceptors (Lipinski definition) is 5. The molecule has 2 atom stereocenters. The average molecular weight is 458 g/mol. The molecule has 2 saturated heterocycles. The molecule has 0 radical (unpaired) electrons. The molecule has 2 bridgehead atoms. The van der Waals surface area contributed by atoms with E-state index in [4.69, 9.17) is 27.3 Å². The maximum atomic E-state index is 6.78. The Morgan fingerprint density at radius 3 is 2.71 bits per heavy atom. The lowest BCUT2D eigenvalue weighted by atomic mass is 9.98. The second kappa shape index (κ2) is 7.65. The van der Waals surface area contributed by atoms with Crippen LogP contribution < -0.4 is 10.6 Å². The first-order valence-electron chi connectivity index (χ1n) is 10.7. The van der Waals surface area contributed by atoms with Crippen molar-refractivity contribution in [2.45, 2.75) is 57.3 Å². The molecule has 9 heteroatoms. The maximum absolute atomic E-state index is 6.78. The van der Waals surface area contributed by atoms with Crippen LogP contribution in [0.1, 0.15) is 32.6 Å². The molecule has 31 heavy (non-hydrogen) atoms. The number of aromatic nitrogens is 5. The standard InChI is InChI=1S/C22H24ClN7.ClH/c1-2-29-11-17-18(28-29)6-5-15(20(17)23)16-9-26-22-21(16)25-10-19(27-22)30-13-3-4-14(30)8-12(24)7-13;/h5-6,9-14H,2-4,7-8,24H2,1H3,(H,26,27);1H. The van der Waals surface area contributed by atoms with Crippen LogP contribution >= 0.6 is 24.0 Å². The number of H-pyrrole nitrogens is 1. The highest BCUT2D eigenvalue weighted by Crippen LogP contribution is 2.40. The number of fused-ring (bicyclic) bond motifs is 4. The molecule has 3 aromatic heterocycles. The summed E-state index contributed by atoms with van der Waals surface area (Å²) in [5, 5.41) is 6.20. The predicted octanol–water partition coefficient (Wildman–Crippen LogP) is 4.53. The van der Waals surface area contributed by atoms with Gasteiger partial charge in [0.15, 0.2) is 5.65 Å². The zero-order valence-electron chi connectivity index (χ0n) is 17.3. The van der Waals surface area contributed by atoms with Gasteiger partial charge in [0.05, 0.1) is 16.7 Å². The Kier molecular flexibility index (Phi) is 5.07. The molecule has 5 heterocycles. The van der Waals surface area contributed by atoms with Crippen LogP contribution in [0.15, 0.2) is 30.7 Å². The molecule has 1 aromatic carbocycles. The van der Waals surface area contributed by atoms with Crippen molar-refractivity contribution in [3.63, 3.8) is 0 Å². The van der Waals surface area contributed by atoms with Gasteiger partial charge in [-0.15, -0.1) is 12.4 Å². The molecule has 2 aliphatic rings. The van der Waals surface area contributed by atoms with Gasteiger partial charge in [-0.25, -0.2) is 9.97 Å². The van der Waals surface area contributed by atoms with Crippen molar-refractivity contribution in [1.82, 2.24) is 24.7 Å². The van der Waals surface area contributed by atoms with Gasteiger partial charge in [-0.3, -0.25) is 4.68 Å². The number of nitrogens with two attached hydrogens (primary N) is 1. The summed E-state index contributed by atoms with van der Waals surface area (Å²) in [6.45, 7) is 2.88. The molecular weight excluding hydrogens is 433 g/mol. The van der Waals surface area contributed by atoms with E-state index in [0.717, 1.165) is 58.4 Å². The van der Waals surface area contributed by atoms with Gasteiger partial charge >= 0.3 is 0 Å². The summed E-state index contributed by atoms with van der Waals surface area (Å²) in [6, 6.07) is 5.29. The zero-order chi connectivity index (χ0) is 20.4. The normalized spacial score (nSPS) is 22.9. The van der Waals surface area contributed by atoms with E-state index in [0.29, 0.717) is 23.1 Å². The van der Waals surface area contributed by atoms with Crippen molar-refractivity contribution in [3.05, 3.63) is 35.7 Å². The molecule has 162 valence electrons. The average Bonchev–Trinajstić information content (AvgIpc) is 3.42. The van der Waals surface area contributed by atoms with Crippen molar-refractivity contribution in [1.29, 1.82) is 0 Å². The highest BCUT2D eigenvalue weighted by atomic mass is 35.5. The summed E-state index contributed by atoms with van der Waals surface area (Å²) in [6.07, 6.45) is 10.3.